The molecule has 0 aliphatic rings. The predicted octanol–water partition coefficient (Wildman–Crippen LogP) is 4.50. The van der Waals surface area contributed by atoms with E-state index in [1.807, 2.05) is 6.92 Å². The molecule has 3 nitrogen and oxygen atoms in total. The first-order chi connectivity index (χ1) is 9.90. The van der Waals surface area contributed by atoms with E-state index in [1.165, 1.54) is 0 Å². The van der Waals surface area contributed by atoms with E-state index in [1.54, 1.807) is 43.3 Å². The molecule has 2 aromatic rings. The van der Waals surface area contributed by atoms with Crippen LogP contribution in [0, 0.1) is 6.92 Å². The lowest BCUT2D eigenvalue weighted by Crippen LogP contribution is -2.27. The predicted molar refractivity (Wildman–Crippen MR) is 85.2 cm³/mol. The van der Waals surface area contributed by atoms with Crippen LogP contribution >= 0.6 is 23.2 Å². The molecule has 2 aromatic carbocycles. The summed E-state index contributed by atoms with van der Waals surface area (Å²) >= 11 is 12.0. The van der Waals surface area contributed by atoms with Gasteiger partial charge < -0.3 is 10.4 Å². The smallest absolute Gasteiger partial charge is 0.252 e. The number of nitrogens with one attached hydrogen (secondary N) is 1. The molecule has 0 aromatic heterocycles. The average molecular weight is 324 g/mol. The maximum Gasteiger partial charge on any atom is 0.252 e. The summed E-state index contributed by atoms with van der Waals surface area (Å²) in [4.78, 5) is 12.3. The number of phenols is 1. The molecular formula is C16H15Cl2NO2. The zero-order chi connectivity index (χ0) is 15.6. The molecule has 1 amide bonds. The van der Waals surface area contributed by atoms with Crippen LogP contribution in [0.2, 0.25) is 10.0 Å². The molecule has 0 saturated heterocycles. The first-order valence-electron chi connectivity index (χ1n) is 6.44. The van der Waals surface area contributed by atoms with Crippen LogP contribution in [0.3, 0.4) is 0 Å². The summed E-state index contributed by atoms with van der Waals surface area (Å²) in [5.41, 5.74) is 1.77. The highest BCUT2D eigenvalue weighted by Gasteiger charge is 2.16. The second-order valence-corrected chi connectivity index (χ2v) is 5.65. The number of phenolic OH excluding ortho intramolecular Hbond substituents is 1. The van der Waals surface area contributed by atoms with Crippen LogP contribution in [0.15, 0.2) is 36.4 Å². The number of benzene rings is 2. The standard InChI is InChI=1S/C16H15Cl2NO2/c1-9-12(4-3-5-15(9)20)16(21)19-10(2)13-7-6-11(17)8-14(13)18/h3-8,10,20H,1-2H3,(H,19,21). The molecule has 1 unspecified atom stereocenters. The third-order valence-electron chi connectivity index (χ3n) is 3.33. The number of rotatable bonds is 3. The molecular weight excluding hydrogens is 309 g/mol. The highest BCUT2D eigenvalue weighted by molar-refractivity contribution is 6.35. The van der Waals surface area contributed by atoms with Gasteiger partial charge in [-0.2, -0.15) is 0 Å². The van der Waals surface area contributed by atoms with Crippen molar-refractivity contribution in [2.75, 3.05) is 0 Å². The highest BCUT2D eigenvalue weighted by atomic mass is 35.5. The summed E-state index contributed by atoms with van der Waals surface area (Å²) < 4.78 is 0. The fraction of sp³-hybridized carbons (Fsp3) is 0.188. The fourth-order valence-corrected chi connectivity index (χ4v) is 2.65. The van der Waals surface area contributed by atoms with E-state index in [4.69, 9.17) is 23.2 Å². The van der Waals surface area contributed by atoms with Gasteiger partial charge in [0.05, 0.1) is 6.04 Å². The minimum absolute atomic E-state index is 0.0971. The van der Waals surface area contributed by atoms with Gasteiger partial charge in [0.2, 0.25) is 0 Å². The Morgan fingerprint density at radius 2 is 1.95 bits per heavy atom. The first kappa shape index (κ1) is 15.7. The molecule has 0 radical (unpaired) electrons. The van der Waals surface area contributed by atoms with Gasteiger partial charge in [0, 0.05) is 21.2 Å². The summed E-state index contributed by atoms with van der Waals surface area (Å²) in [6, 6.07) is 9.73. The molecule has 0 bridgehead atoms. The molecule has 110 valence electrons. The van der Waals surface area contributed by atoms with Crippen molar-refractivity contribution < 1.29 is 9.90 Å². The number of carbonyl (C=O) groups excluding carboxylic acids is 1. The van der Waals surface area contributed by atoms with Crippen LogP contribution in [0.4, 0.5) is 0 Å². The molecule has 0 spiro atoms. The number of carbonyl (C=O) groups is 1. The second kappa shape index (κ2) is 6.37. The van der Waals surface area contributed by atoms with Crippen LogP contribution in [0.25, 0.3) is 0 Å². The lowest BCUT2D eigenvalue weighted by atomic mass is 10.0. The normalized spacial score (nSPS) is 12.0. The van der Waals surface area contributed by atoms with Gasteiger partial charge in [-0.25, -0.2) is 0 Å². The molecule has 0 fully saturated rings. The van der Waals surface area contributed by atoms with Crippen LogP contribution in [0.1, 0.15) is 34.5 Å². The Hall–Kier alpha value is -1.71. The second-order valence-electron chi connectivity index (χ2n) is 4.81. The molecule has 0 aliphatic carbocycles. The van der Waals surface area contributed by atoms with Crippen molar-refractivity contribution in [1.82, 2.24) is 5.32 Å². The SMILES string of the molecule is Cc1c(O)cccc1C(=O)NC(C)c1ccc(Cl)cc1Cl. The Balaban J connectivity index is 2.21. The maximum atomic E-state index is 12.3. The van der Waals surface area contributed by atoms with Gasteiger partial charge in [-0.1, -0.05) is 35.3 Å². The quantitative estimate of drug-likeness (QED) is 0.873. The van der Waals surface area contributed by atoms with E-state index in [9.17, 15) is 9.90 Å². The summed E-state index contributed by atoms with van der Waals surface area (Å²) in [6.45, 7) is 3.54. The Kier molecular flexibility index (Phi) is 4.76. The topological polar surface area (TPSA) is 49.3 Å². The Morgan fingerprint density at radius 1 is 1.24 bits per heavy atom. The summed E-state index contributed by atoms with van der Waals surface area (Å²) in [6.07, 6.45) is 0. The number of amides is 1. The molecule has 2 rings (SSSR count). The average Bonchev–Trinajstić information content (AvgIpc) is 2.41. The highest BCUT2D eigenvalue weighted by Crippen LogP contribution is 2.27. The van der Waals surface area contributed by atoms with E-state index < -0.39 is 0 Å². The Morgan fingerprint density at radius 3 is 2.62 bits per heavy atom. The monoisotopic (exact) mass is 323 g/mol. The van der Waals surface area contributed by atoms with Gasteiger partial charge in [-0.15, -0.1) is 0 Å². The van der Waals surface area contributed by atoms with Crippen molar-refractivity contribution in [3.63, 3.8) is 0 Å². The van der Waals surface area contributed by atoms with E-state index >= 15 is 0 Å². The van der Waals surface area contributed by atoms with E-state index in [0.29, 0.717) is 21.2 Å². The third-order valence-corrected chi connectivity index (χ3v) is 3.89. The van der Waals surface area contributed by atoms with Crippen LogP contribution in [-0.2, 0) is 0 Å². The van der Waals surface area contributed by atoms with Crippen molar-refractivity contribution in [3.05, 3.63) is 63.1 Å². The van der Waals surface area contributed by atoms with Gasteiger partial charge in [-0.05, 0) is 43.7 Å². The summed E-state index contributed by atoms with van der Waals surface area (Å²) in [5.74, 6) is -0.165. The largest absolute Gasteiger partial charge is 0.508 e. The molecule has 5 heteroatoms. The summed E-state index contributed by atoms with van der Waals surface area (Å²) in [7, 11) is 0. The lowest BCUT2D eigenvalue weighted by molar-refractivity contribution is 0.0939. The van der Waals surface area contributed by atoms with Crippen molar-refractivity contribution in [2.24, 2.45) is 0 Å². The Labute approximate surface area is 133 Å². The molecule has 0 saturated carbocycles. The first-order valence-corrected chi connectivity index (χ1v) is 7.20. The molecule has 21 heavy (non-hydrogen) atoms. The minimum atomic E-state index is -0.274. The van der Waals surface area contributed by atoms with Crippen LogP contribution < -0.4 is 5.32 Å². The van der Waals surface area contributed by atoms with Gasteiger partial charge in [-0.3, -0.25) is 4.79 Å². The van der Waals surface area contributed by atoms with Gasteiger partial charge in [0.25, 0.3) is 5.91 Å². The van der Waals surface area contributed by atoms with Crippen LogP contribution in [0.5, 0.6) is 5.75 Å². The van der Waals surface area contributed by atoms with Crippen molar-refractivity contribution >= 4 is 29.1 Å². The molecule has 2 N–H and O–H groups in total. The number of halogens is 2. The van der Waals surface area contributed by atoms with Crippen LogP contribution in [-0.4, -0.2) is 11.0 Å². The van der Waals surface area contributed by atoms with Crippen molar-refractivity contribution in [1.29, 1.82) is 0 Å². The lowest BCUT2D eigenvalue weighted by Gasteiger charge is -2.17. The van der Waals surface area contributed by atoms with Gasteiger partial charge in [0.15, 0.2) is 0 Å². The zero-order valence-electron chi connectivity index (χ0n) is 11.7. The summed E-state index contributed by atoms with van der Waals surface area (Å²) in [5, 5.41) is 13.6. The molecule has 0 aliphatic heterocycles. The van der Waals surface area contributed by atoms with Gasteiger partial charge >= 0.3 is 0 Å². The van der Waals surface area contributed by atoms with Crippen molar-refractivity contribution in [2.45, 2.75) is 19.9 Å². The molecule has 0 heterocycles. The van der Waals surface area contributed by atoms with Crippen molar-refractivity contribution in [3.8, 4) is 5.75 Å². The number of aromatic hydroxyl groups is 1. The van der Waals surface area contributed by atoms with E-state index in [0.717, 1.165) is 5.56 Å². The fourth-order valence-electron chi connectivity index (χ4n) is 2.07. The maximum absolute atomic E-state index is 12.3. The number of hydrogen-bond acceptors (Lipinski definition) is 2. The minimum Gasteiger partial charge on any atom is -0.508 e. The Bertz CT molecular complexity index is 686. The van der Waals surface area contributed by atoms with E-state index in [2.05, 4.69) is 5.32 Å². The number of hydrogen-bond donors (Lipinski definition) is 2. The zero-order valence-corrected chi connectivity index (χ0v) is 13.2. The van der Waals surface area contributed by atoms with Gasteiger partial charge in [0.1, 0.15) is 5.75 Å². The molecule has 1 atom stereocenters. The van der Waals surface area contributed by atoms with E-state index in [-0.39, 0.29) is 17.7 Å². The third kappa shape index (κ3) is 3.49.